The molecule has 2 aliphatic rings. The minimum atomic E-state index is -5.08. The number of piperidine rings is 1. The zero-order chi connectivity index (χ0) is 30.0. The molecule has 4 rings (SSSR count). The second kappa shape index (κ2) is 14.1. The molecule has 4 heterocycles. The largest absolute Gasteiger partial charge is 0.490 e. The first-order valence-corrected chi connectivity index (χ1v) is 12.0. The topological polar surface area (TPSA) is 124 Å². The Morgan fingerprint density at radius 1 is 0.825 bits per heavy atom. The zero-order valence-corrected chi connectivity index (χ0v) is 21.2. The number of rotatable bonds is 4. The van der Waals surface area contributed by atoms with Crippen LogP contribution in [0.4, 0.5) is 26.3 Å². The standard InChI is InChI=1S/C21H26N4O.2C2HF3O2/c26-20(12-18-4-1-8-22-13-18)25-10-3-6-21(17-25)7-11-24(16-21)15-19-5-2-9-23-14-19;2*3-2(4,5)1(6)7/h1-2,4-5,8-9,13-14H,3,6-7,10-12,15-17H2;2*(H,6,7). The number of carboxylic acid groups (broad SMARTS) is 2. The summed E-state index contributed by atoms with van der Waals surface area (Å²) >= 11 is 0. The number of aromatic nitrogens is 2. The number of amides is 1. The highest BCUT2D eigenvalue weighted by Gasteiger charge is 2.42. The number of aliphatic carboxylic acids is 2. The number of nitrogens with zero attached hydrogens (tertiary/aromatic N) is 4. The number of hydrogen-bond acceptors (Lipinski definition) is 6. The molecule has 0 radical (unpaired) electrons. The number of carboxylic acids is 2. The number of hydrogen-bond donors (Lipinski definition) is 2. The van der Waals surface area contributed by atoms with Crippen molar-refractivity contribution in [1.82, 2.24) is 19.8 Å². The molecule has 2 aromatic rings. The smallest absolute Gasteiger partial charge is 0.475 e. The monoisotopic (exact) mass is 578 g/mol. The van der Waals surface area contributed by atoms with E-state index >= 15 is 0 Å². The lowest BCUT2D eigenvalue weighted by molar-refractivity contribution is -0.193. The SMILES string of the molecule is O=C(Cc1cccnc1)N1CCCC2(CCN(Cc3cccnc3)C2)C1.O=C(O)C(F)(F)F.O=C(O)C(F)(F)F. The second-order valence-electron chi connectivity index (χ2n) is 9.38. The van der Waals surface area contributed by atoms with Crippen molar-refractivity contribution in [1.29, 1.82) is 0 Å². The van der Waals surface area contributed by atoms with E-state index < -0.39 is 24.3 Å². The molecule has 40 heavy (non-hydrogen) atoms. The first-order valence-electron chi connectivity index (χ1n) is 12.0. The van der Waals surface area contributed by atoms with E-state index in [2.05, 4.69) is 25.8 Å². The van der Waals surface area contributed by atoms with Gasteiger partial charge in [0.05, 0.1) is 6.42 Å². The Morgan fingerprint density at radius 3 is 1.82 bits per heavy atom. The molecular weight excluding hydrogens is 550 g/mol. The van der Waals surface area contributed by atoms with Gasteiger partial charge >= 0.3 is 24.3 Å². The van der Waals surface area contributed by atoms with E-state index in [0.717, 1.165) is 44.7 Å². The molecule has 0 aromatic carbocycles. The minimum absolute atomic E-state index is 0.239. The van der Waals surface area contributed by atoms with Crippen molar-refractivity contribution in [3.63, 3.8) is 0 Å². The van der Waals surface area contributed by atoms with E-state index in [0.29, 0.717) is 6.42 Å². The quantitative estimate of drug-likeness (QED) is 0.526. The summed E-state index contributed by atoms with van der Waals surface area (Å²) in [6.45, 7) is 4.94. The summed E-state index contributed by atoms with van der Waals surface area (Å²) in [7, 11) is 0. The molecule has 2 N–H and O–H groups in total. The highest BCUT2D eigenvalue weighted by atomic mass is 19.4. The Morgan fingerprint density at radius 2 is 1.35 bits per heavy atom. The summed E-state index contributed by atoms with van der Waals surface area (Å²) in [5, 5.41) is 14.2. The fourth-order valence-electron chi connectivity index (χ4n) is 4.46. The van der Waals surface area contributed by atoms with Crippen LogP contribution in [-0.2, 0) is 27.3 Å². The van der Waals surface area contributed by atoms with E-state index in [-0.39, 0.29) is 11.3 Å². The molecule has 9 nitrogen and oxygen atoms in total. The van der Waals surface area contributed by atoms with Crippen LogP contribution >= 0.6 is 0 Å². The first kappa shape index (κ1) is 32.5. The van der Waals surface area contributed by atoms with Crippen LogP contribution in [0.1, 0.15) is 30.4 Å². The van der Waals surface area contributed by atoms with Crippen molar-refractivity contribution < 1.29 is 50.9 Å². The summed E-state index contributed by atoms with van der Waals surface area (Å²) in [4.78, 5) is 43.5. The number of pyridine rings is 2. The number of likely N-dealkylation sites (tertiary alicyclic amines) is 2. The minimum Gasteiger partial charge on any atom is -0.475 e. The summed E-state index contributed by atoms with van der Waals surface area (Å²) < 4.78 is 63.5. The maximum absolute atomic E-state index is 12.8. The van der Waals surface area contributed by atoms with Crippen LogP contribution in [0.3, 0.4) is 0 Å². The van der Waals surface area contributed by atoms with E-state index in [4.69, 9.17) is 19.8 Å². The van der Waals surface area contributed by atoms with Gasteiger partial charge in [-0.1, -0.05) is 12.1 Å². The van der Waals surface area contributed by atoms with Crippen LogP contribution in [0.5, 0.6) is 0 Å². The maximum Gasteiger partial charge on any atom is 0.490 e. The second-order valence-corrected chi connectivity index (χ2v) is 9.38. The van der Waals surface area contributed by atoms with Crippen LogP contribution in [0.15, 0.2) is 49.1 Å². The first-order chi connectivity index (χ1) is 18.6. The zero-order valence-electron chi connectivity index (χ0n) is 21.2. The van der Waals surface area contributed by atoms with Gasteiger partial charge in [0.25, 0.3) is 0 Å². The Bertz CT molecular complexity index is 1090. The lowest BCUT2D eigenvalue weighted by Gasteiger charge is -2.40. The molecule has 2 fully saturated rings. The highest BCUT2D eigenvalue weighted by Crippen LogP contribution is 2.39. The summed E-state index contributed by atoms with van der Waals surface area (Å²) in [6.07, 6.45) is 1.14. The molecule has 1 spiro atoms. The van der Waals surface area contributed by atoms with Gasteiger partial charge in [0, 0.05) is 56.4 Å². The van der Waals surface area contributed by atoms with E-state index in [1.807, 2.05) is 30.6 Å². The van der Waals surface area contributed by atoms with Crippen molar-refractivity contribution in [2.24, 2.45) is 5.41 Å². The van der Waals surface area contributed by atoms with Gasteiger partial charge in [0.1, 0.15) is 0 Å². The van der Waals surface area contributed by atoms with Crippen LogP contribution in [0, 0.1) is 5.41 Å². The predicted octanol–water partition coefficient (Wildman–Crippen LogP) is 3.80. The van der Waals surface area contributed by atoms with Crippen molar-refractivity contribution in [2.75, 3.05) is 26.2 Å². The van der Waals surface area contributed by atoms with Gasteiger partial charge in [-0.3, -0.25) is 19.7 Å². The van der Waals surface area contributed by atoms with Crippen LogP contribution < -0.4 is 0 Å². The maximum atomic E-state index is 12.8. The molecule has 2 saturated heterocycles. The molecular formula is C25H28F6N4O5. The number of carbonyl (C=O) groups is 3. The van der Waals surface area contributed by atoms with Crippen molar-refractivity contribution in [3.8, 4) is 0 Å². The van der Waals surface area contributed by atoms with E-state index in [1.54, 1.807) is 12.4 Å². The number of alkyl halides is 6. The van der Waals surface area contributed by atoms with Gasteiger partial charge in [-0.05, 0) is 49.1 Å². The van der Waals surface area contributed by atoms with Crippen molar-refractivity contribution in [3.05, 3.63) is 60.2 Å². The lowest BCUT2D eigenvalue weighted by atomic mass is 9.79. The molecule has 1 unspecified atom stereocenters. The molecule has 2 aliphatic heterocycles. The van der Waals surface area contributed by atoms with Gasteiger partial charge < -0.3 is 15.1 Å². The Labute approximate surface area is 225 Å². The van der Waals surface area contributed by atoms with Gasteiger partial charge in [-0.2, -0.15) is 26.3 Å². The summed E-state index contributed by atoms with van der Waals surface area (Å²) in [5.74, 6) is -5.28. The molecule has 0 bridgehead atoms. The Kier molecular flexibility index (Phi) is 11.4. The van der Waals surface area contributed by atoms with Gasteiger partial charge in [0.15, 0.2) is 0 Å². The van der Waals surface area contributed by atoms with Gasteiger partial charge in [0.2, 0.25) is 5.91 Å². The summed E-state index contributed by atoms with van der Waals surface area (Å²) in [5.41, 5.74) is 2.54. The fourth-order valence-corrected chi connectivity index (χ4v) is 4.46. The molecule has 2 aromatic heterocycles. The van der Waals surface area contributed by atoms with Crippen molar-refractivity contribution >= 4 is 17.8 Å². The molecule has 1 amide bonds. The predicted molar refractivity (Wildman–Crippen MR) is 128 cm³/mol. The van der Waals surface area contributed by atoms with Gasteiger partial charge in [-0.25, -0.2) is 9.59 Å². The van der Waals surface area contributed by atoms with Crippen molar-refractivity contribution in [2.45, 2.75) is 44.6 Å². The molecule has 220 valence electrons. The highest BCUT2D eigenvalue weighted by molar-refractivity contribution is 5.78. The molecule has 1 atom stereocenters. The average molecular weight is 579 g/mol. The fraction of sp³-hybridized carbons (Fsp3) is 0.480. The van der Waals surface area contributed by atoms with Crippen LogP contribution in [0.2, 0.25) is 0 Å². The van der Waals surface area contributed by atoms with Crippen LogP contribution in [0.25, 0.3) is 0 Å². The third kappa shape index (κ3) is 10.8. The third-order valence-electron chi connectivity index (χ3n) is 6.22. The Hall–Kier alpha value is -3.75. The number of carbonyl (C=O) groups excluding carboxylic acids is 1. The van der Waals surface area contributed by atoms with E-state index in [9.17, 15) is 31.1 Å². The van der Waals surface area contributed by atoms with Crippen LogP contribution in [-0.4, -0.2) is 86.4 Å². The molecule has 0 aliphatic carbocycles. The third-order valence-corrected chi connectivity index (χ3v) is 6.22. The lowest BCUT2D eigenvalue weighted by Crippen LogP contribution is -2.47. The molecule has 0 saturated carbocycles. The number of halogens is 6. The average Bonchev–Trinajstić information content (AvgIpc) is 3.26. The normalized spacial score (nSPS) is 19.2. The summed E-state index contributed by atoms with van der Waals surface area (Å²) in [6, 6.07) is 8.02. The Balaban J connectivity index is 0.000000333. The van der Waals surface area contributed by atoms with E-state index in [1.165, 1.54) is 18.4 Å². The van der Waals surface area contributed by atoms with Gasteiger partial charge in [-0.15, -0.1) is 0 Å². The molecule has 15 heteroatoms.